The Kier molecular flexibility index (Phi) is 4.50. The van der Waals surface area contributed by atoms with Gasteiger partial charge in [0.05, 0.1) is 11.7 Å². The largest absolute Gasteiger partial charge is 0.390 e. The van der Waals surface area contributed by atoms with Gasteiger partial charge < -0.3 is 10.2 Å². The van der Waals surface area contributed by atoms with Crippen LogP contribution >= 0.6 is 0 Å². The molecular weight excluding hydrogens is 204 g/mol. The first kappa shape index (κ1) is 13.2. The Labute approximate surface area is 96.9 Å². The molecule has 1 rings (SSSR count). The third kappa shape index (κ3) is 2.83. The molecule has 0 spiro atoms. The zero-order valence-electron chi connectivity index (χ0n) is 10.3. The van der Waals surface area contributed by atoms with Gasteiger partial charge in [0.1, 0.15) is 0 Å². The summed E-state index contributed by atoms with van der Waals surface area (Å²) in [6.45, 7) is 3.80. The fourth-order valence-corrected chi connectivity index (χ4v) is 1.92. The normalized spacial score (nSPS) is 14.1. The second-order valence-electron chi connectivity index (χ2n) is 4.31. The smallest absolute Gasteiger partial charge is 0.0900 e. The highest BCUT2D eigenvalue weighted by Crippen LogP contribution is 2.22. The van der Waals surface area contributed by atoms with Crippen LogP contribution in [0.3, 0.4) is 0 Å². The van der Waals surface area contributed by atoms with Gasteiger partial charge in [0.25, 0.3) is 0 Å². The number of hydrogen-bond donors (Lipinski definition) is 2. The van der Waals surface area contributed by atoms with E-state index in [2.05, 4.69) is 5.10 Å². The van der Waals surface area contributed by atoms with Crippen LogP contribution in [0.4, 0.5) is 0 Å². The molecule has 16 heavy (non-hydrogen) atoms. The number of nitrogens with zero attached hydrogens (tertiary/aromatic N) is 2. The topological polar surface area (TPSA) is 58.3 Å². The molecule has 0 aromatic carbocycles. The van der Waals surface area contributed by atoms with E-state index in [1.807, 2.05) is 27.0 Å². The zero-order chi connectivity index (χ0) is 12.2. The molecule has 0 bridgehead atoms. The summed E-state index contributed by atoms with van der Waals surface area (Å²) in [5.74, 6) is 0. The molecule has 92 valence electrons. The van der Waals surface area contributed by atoms with Crippen molar-refractivity contribution >= 4 is 0 Å². The van der Waals surface area contributed by atoms with Crippen molar-refractivity contribution in [1.29, 1.82) is 0 Å². The van der Waals surface area contributed by atoms with Gasteiger partial charge in [-0.1, -0.05) is 13.8 Å². The summed E-state index contributed by atoms with van der Waals surface area (Å²) in [5.41, 5.74) is 0.132. The minimum Gasteiger partial charge on any atom is -0.390 e. The van der Waals surface area contributed by atoms with Crippen molar-refractivity contribution in [2.45, 2.75) is 51.2 Å². The highest BCUT2D eigenvalue weighted by Gasteiger charge is 2.31. The van der Waals surface area contributed by atoms with E-state index in [0.717, 1.165) is 12.1 Å². The lowest BCUT2D eigenvalue weighted by molar-refractivity contribution is -0.0826. The van der Waals surface area contributed by atoms with E-state index in [0.29, 0.717) is 19.3 Å². The molecular formula is C12H22N2O2. The number of aromatic nitrogens is 2. The first-order valence-electron chi connectivity index (χ1n) is 5.90. The van der Waals surface area contributed by atoms with Crippen molar-refractivity contribution in [2.24, 2.45) is 7.05 Å². The van der Waals surface area contributed by atoms with Gasteiger partial charge in [-0.15, -0.1) is 0 Å². The third-order valence-corrected chi connectivity index (χ3v) is 3.44. The molecule has 4 heteroatoms. The van der Waals surface area contributed by atoms with Crippen molar-refractivity contribution in [2.75, 3.05) is 0 Å². The van der Waals surface area contributed by atoms with Gasteiger partial charge in [-0.2, -0.15) is 5.10 Å². The molecule has 1 aromatic rings. The summed E-state index contributed by atoms with van der Waals surface area (Å²) in [4.78, 5) is 0. The average Bonchev–Trinajstić information content (AvgIpc) is 2.70. The summed E-state index contributed by atoms with van der Waals surface area (Å²) < 4.78 is 1.80. The first-order valence-corrected chi connectivity index (χ1v) is 5.90. The van der Waals surface area contributed by atoms with Gasteiger partial charge in [0.2, 0.25) is 0 Å². The Morgan fingerprint density at radius 1 is 1.44 bits per heavy atom. The molecule has 0 aliphatic rings. The van der Waals surface area contributed by atoms with Crippen LogP contribution in [-0.2, 0) is 13.5 Å². The fourth-order valence-electron chi connectivity index (χ4n) is 1.92. The van der Waals surface area contributed by atoms with Crippen molar-refractivity contribution in [1.82, 2.24) is 9.78 Å². The predicted octanol–water partition coefficient (Wildman–Crippen LogP) is 1.26. The summed E-state index contributed by atoms with van der Waals surface area (Å²) in [7, 11) is 1.88. The maximum atomic E-state index is 10.1. The highest BCUT2D eigenvalue weighted by atomic mass is 16.3. The van der Waals surface area contributed by atoms with E-state index in [4.69, 9.17) is 0 Å². The minimum atomic E-state index is -0.946. The van der Waals surface area contributed by atoms with E-state index >= 15 is 0 Å². The van der Waals surface area contributed by atoms with Gasteiger partial charge in [0, 0.05) is 18.9 Å². The molecule has 0 saturated carbocycles. The molecule has 1 heterocycles. The monoisotopic (exact) mass is 226 g/mol. The number of hydrogen-bond acceptors (Lipinski definition) is 3. The lowest BCUT2D eigenvalue weighted by Gasteiger charge is -2.31. The Bertz CT molecular complexity index is 319. The summed E-state index contributed by atoms with van der Waals surface area (Å²) in [6.07, 6.45) is 3.54. The first-order chi connectivity index (χ1) is 7.53. The summed E-state index contributed by atoms with van der Waals surface area (Å²) >= 11 is 0. The molecule has 0 amide bonds. The van der Waals surface area contributed by atoms with E-state index < -0.39 is 11.7 Å². The Morgan fingerprint density at radius 2 is 2.06 bits per heavy atom. The third-order valence-electron chi connectivity index (χ3n) is 3.44. The molecule has 0 fully saturated rings. The summed E-state index contributed by atoms with van der Waals surface area (Å²) in [6, 6.07) is 1.93. The summed E-state index contributed by atoms with van der Waals surface area (Å²) in [5, 5.41) is 24.2. The Balaban J connectivity index is 2.52. The van der Waals surface area contributed by atoms with E-state index in [1.54, 1.807) is 10.9 Å². The second-order valence-corrected chi connectivity index (χ2v) is 4.31. The van der Waals surface area contributed by atoms with Gasteiger partial charge in [0.15, 0.2) is 0 Å². The molecule has 1 aromatic heterocycles. The van der Waals surface area contributed by atoms with Crippen molar-refractivity contribution < 1.29 is 10.2 Å². The van der Waals surface area contributed by atoms with Crippen LogP contribution in [0.5, 0.6) is 0 Å². The van der Waals surface area contributed by atoms with Crippen LogP contribution in [0.15, 0.2) is 12.3 Å². The van der Waals surface area contributed by atoms with Crippen LogP contribution in [0, 0.1) is 0 Å². The standard InChI is InChI=1S/C12H22N2O2/c1-4-12(16,5-2)11(15)7-6-10-8-9-13-14(10)3/h8-9,11,15-16H,4-7H2,1-3H3. The number of aryl methyl sites for hydroxylation is 2. The van der Waals surface area contributed by atoms with Crippen molar-refractivity contribution in [3.05, 3.63) is 18.0 Å². The van der Waals surface area contributed by atoms with E-state index in [9.17, 15) is 10.2 Å². The van der Waals surface area contributed by atoms with Crippen LogP contribution in [0.25, 0.3) is 0 Å². The second kappa shape index (κ2) is 5.46. The predicted molar refractivity (Wildman–Crippen MR) is 63.1 cm³/mol. The maximum Gasteiger partial charge on any atom is 0.0900 e. The maximum absolute atomic E-state index is 10.1. The number of aliphatic hydroxyl groups is 2. The van der Waals surface area contributed by atoms with Crippen molar-refractivity contribution in [3.63, 3.8) is 0 Å². The lowest BCUT2D eigenvalue weighted by Crippen LogP contribution is -2.41. The highest BCUT2D eigenvalue weighted by molar-refractivity contribution is 5.01. The molecule has 0 radical (unpaired) electrons. The van der Waals surface area contributed by atoms with Crippen molar-refractivity contribution in [3.8, 4) is 0 Å². The Morgan fingerprint density at radius 3 is 2.50 bits per heavy atom. The fraction of sp³-hybridized carbons (Fsp3) is 0.750. The van der Waals surface area contributed by atoms with Crippen LogP contribution in [-0.4, -0.2) is 31.7 Å². The van der Waals surface area contributed by atoms with Gasteiger partial charge in [-0.05, 0) is 31.7 Å². The Hall–Kier alpha value is -0.870. The van der Waals surface area contributed by atoms with Gasteiger partial charge in [-0.25, -0.2) is 0 Å². The van der Waals surface area contributed by atoms with Gasteiger partial charge in [-0.3, -0.25) is 4.68 Å². The number of rotatable bonds is 6. The van der Waals surface area contributed by atoms with Crippen LogP contribution < -0.4 is 0 Å². The van der Waals surface area contributed by atoms with E-state index in [-0.39, 0.29) is 0 Å². The van der Waals surface area contributed by atoms with E-state index in [1.165, 1.54) is 0 Å². The zero-order valence-corrected chi connectivity index (χ0v) is 10.3. The van der Waals surface area contributed by atoms with Crippen LogP contribution in [0.2, 0.25) is 0 Å². The average molecular weight is 226 g/mol. The molecule has 2 N–H and O–H groups in total. The molecule has 0 saturated heterocycles. The SMILES string of the molecule is CCC(O)(CC)C(O)CCc1ccnn1C. The van der Waals surface area contributed by atoms with Gasteiger partial charge >= 0.3 is 0 Å². The quantitative estimate of drug-likeness (QED) is 0.768. The number of aliphatic hydroxyl groups excluding tert-OH is 1. The molecule has 0 aliphatic carbocycles. The minimum absolute atomic E-state index is 0.567. The molecule has 1 unspecified atom stereocenters. The molecule has 0 aliphatic heterocycles. The lowest BCUT2D eigenvalue weighted by atomic mass is 9.88. The molecule has 4 nitrogen and oxygen atoms in total. The molecule has 1 atom stereocenters. The van der Waals surface area contributed by atoms with Crippen LogP contribution in [0.1, 0.15) is 38.8 Å².